The Morgan fingerprint density at radius 1 is 1.23 bits per heavy atom. The van der Waals surface area contributed by atoms with Crippen LogP contribution in [0.15, 0.2) is 58.9 Å². The molecular weight excluding hydrogens is 280 g/mol. The standard InChI is InChI=1S/C16H14N4O2/c1-11-7-8-20-14(9-11)17-13(10-15(21)22)16(20)19-18-12-5-3-2-4-6-12/h2-9H,10H2,1H3,(H,21,22). The zero-order valence-corrected chi connectivity index (χ0v) is 12.0. The van der Waals surface area contributed by atoms with Gasteiger partial charge in [0.25, 0.3) is 0 Å². The van der Waals surface area contributed by atoms with Crippen molar-refractivity contribution in [1.82, 2.24) is 9.38 Å². The Morgan fingerprint density at radius 2 is 2.00 bits per heavy atom. The summed E-state index contributed by atoms with van der Waals surface area (Å²) in [7, 11) is 0. The van der Waals surface area contributed by atoms with E-state index in [9.17, 15) is 4.79 Å². The van der Waals surface area contributed by atoms with Crippen LogP contribution in [0.4, 0.5) is 11.5 Å². The van der Waals surface area contributed by atoms with Crippen LogP contribution in [0.1, 0.15) is 11.3 Å². The Kier molecular flexibility index (Phi) is 3.65. The van der Waals surface area contributed by atoms with Gasteiger partial charge in [0.05, 0.1) is 17.8 Å². The largest absolute Gasteiger partial charge is 0.481 e. The summed E-state index contributed by atoms with van der Waals surface area (Å²) in [6, 6.07) is 13.1. The first-order valence-electron chi connectivity index (χ1n) is 6.79. The molecule has 2 aromatic heterocycles. The van der Waals surface area contributed by atoms with Gasteiger partial charge in [-0.3, -0.25) is 9.20 Å². The zero-order valence-electron chi connectivity index (χ0n) is 12.0. The van der Waals surface area contributed by atoms with Crippen molar-refractivity contribution in [2.75, 3.05) is 0 Å². The van der Waals surface area contributed by atoms with Gasteiger partial charge in [-0.25, -0.2) is 4.98 Å². The monoisotopic (exact) mass is 294 g/mol. The summed E-state index contributed by atoms with van der Waals surface area (Å²) >= 11 is 0. The van der Waals surface area contributed by atoms with Crippen molar-refractivity contribution in [3.63, 3.8) is 0 Å². The van der Waals surface area contributed by atoms with Gasteiger partial charge in [-0.05, 0) is 36.8 Å². The van der Waals surface area contributed by atoms with E-state index in [4.69, 9.17) is 5.11 Å². The van der Waals surface area contributed by atoms with Crippen LogP contribution in [-0.2, 0) is 11.2 Å². The van der Waals surface area contributed by atoms with Crippen molar-refractivity contribution in [3.8, 4) is 0 Å². The van der Waals surface area contributed by atoms with Gasteiger partial charge in [-0.2, -0.15) is 0 Å². The van der Waals surface area contributed by atoms with Crippen LogP contribution >= 0.6 is 0 Å². The van der Waals surface area contributed by atoms with Crippen molar-refractivity contribution in [1.29, 1.82) is 0 Å². The Labute approximate surface area is 126 Å². The van der Waals surface area contributed by atoms with Crippen LogP contribution in [0, 0.1) is 6.92 Å². The lowest BCUT2D eigenvalue weighted by Gasteiger charge is -1.98. The fraction of sp³-hybridized carbons (Fsp3) is 0.125. The molecule has 3 aromatic rings. The maximum atomic E-state index is 11.0. The smallest absolute Gasteiger partial charge is 0.309 e. The van der Waals surface area contributed by atoms with Crippen molar-refractivity contribution < 1.29 is 9.90 Å². The lowest BCUT2D eigenvalue weighted by Crippen LogP contribution is -2.00. The molecule has 22 heavy (non-hydrogen) atoms. The SMILES string of the molecule is Cc1ccn2c(N=Nc3ccccc3)c(CC(=O)O)nc2c1. The average Bonchev–Trinajstić information content (AvgIpc) is 2.81. The van der Waals surface area contributed by atoms with E-state index in [0.29, 0.717) is 22.8 Å². The van der Waals surface area contributed by atoms with Gasteiger partial charge in [-0.1, -0.05) is 18.2 Å². The molecule has 0 aliphatic rings. The van der Waals surface area contributed by atoms with E-state index in [1.807, 2.05) is 55.6 Å². The number of aryl methyl sites for hydroxylation is 1. The van der Waals surface area contributed by atoms with Crippen molar-refractivity contribution in [2.45, 2.75) is 13.3 Å². The molecule has 0 amide bonds. The number of aliphatic carboxylic acids is 1. The normalized spacial score (nSPS) is 11.3. The van der Waals surface area contributed by atoms with E-state index in [0.717, 1.165) is 5.56 Å². The predicted octanol–water partition coefficient (Wildman–Crippen LogP) is 3.69. The molecule has 0 aliphatic heterocycles. The molecule has 0 radical (unpaired) electrons. The second-order valence-electron chi connectivity index (χ2n) is 4.92. The molecule has 0 aliphatic carbocycles. The highest BCUT2D eigenvalue weighted by Crippen LogP contribution is 2.25. The molecule has 0 spiro atoms. The lowest BCUT2D eigenvalue weighted by atomic mass is 10.3. The lowest BCUT2D eigenvalue weighted by molar-refractivity contribution is -0.136. The molecule has 0 atom stereocenters. The minimum Gasteiger partial charge on any atom is -0.481 e. The molecule has 6 nitrogen and oxygen atoms in total. The van der Waals surface area contributed by atoms with E-state index in [1.165, 1.54) is 0 Å². The van der Waals surface area contributed by atoms with E-state index in [-0.39, 0.29) is 6.42 Å². The summed E-state index contributed by atoms with van der Waals surface area (Å²) in [5.74, 6) is -0.502. The molecule has 1 aromatic carbocycles. The average molecular weight is 294 g/mol. The number of carboxylic acids is 1. The maximum Gasteiger partial charge on any atom is 0.309 e. The quantitative estimate of drug-likeness (QED) is 0.745. The first-order chi connectivity index (χ1) is 10.6. The minimum absolute atomic E-state index is 0.191. The molecule has 0 saturated heterocycles. The van der Waals surface area contributed by atoms with Crippen LogP contribution in [-0.4, -0.2) is 20.5 Å². The number of carbonyl (C=O) groups is 1. The zero-order chi connectivity index (χ0) is 15.5. The highest BCUT2D eigenvalue weighted by atomic mass is 16.4. The minimum atomic E-state index is -0.948. The van der Waals surface area contributed by atoms with E-state index >= 15 is 0 Å². The number of carboxylic acid groups (broad SMARTS) is 1. The van der Waals surface area contributed by atoms with Gasteiger partial charge in [0, 0.05) is 6.20 Å². The van der Waals surface area contributed by atoms with Crippen LogP contribution in [0.5, 0.6) is 0 Å². The molecule has 1 N–H and O–H groups in total. The molecule has 0 saturated carbocycles. The van der Waals surface area contributed by atoms with Gasteiger partial charge in [-0.15, -0.1) is 10.2 Å². The number of imidazole rings is 1. The highest BCUT2D eigenvalue weighted by Gasteiger charge is 2.15. The number of fused-ring (bicyclic) bond motifs is 1. The van der Waals surface area contributed by atoms with Crippen LogP contribution < -0.4 is 0 Å². The predicted molar refractivity (Wildman–Crippen MR) is 81.9 cm³/mol. The molecule has 110 valence electrons. The molecule has 2 heterocycles. The second kappa shape index (κ2) is 5.77. The summed E-state index contributed by atoms with van der Waals surface area (Å²) in [6.07, 6.45) is 1.63. The van der Waals surface area contributed by atoms with Gasteiger partial charge in [0.2, 0.25) is 0 Å². The number of nitrogens with zero attached hydrogens (tertiary/aromatic N) is 4. The van der Waals surface area contributed by atoms with E-state index in [2.05, 4.69) is 15.2 Å². The number of aromatic nitrogens is 2. The maximum absolute atomic E-state index is 11.0. The fourth-order valence-electron chi connectivity index (χ4n) is 2.15. The third-order valence-corrected chi connectivity index (χ3v) is 3.16. The molecule has 0 bridgehead atoms. The Hall–Kier alpha value is -3.02. The fourth-order valence-corrected chi connectivity index (χ4v) is 2.15. The number of pyridine rings is 1. The summed E-state index contributed by atoms with van der Waals surface area (Å²) in [5, 5.41) is 17.4. The number of hydrogen-bond acceptors (Lipinski definition) is 4. The Bertz CT molecular complexity index is 853. The molecule has 0 unspecified atom stereocenters. The number of hydrogen-bond donors (Lipinski definition) is 1. The summed E-state index contributed by atoms with van der Waals surface area (Å²) in [4.78, 5) is 15.4. The van der Waals surface area contributed by atoms with Gasteiger partial charge < -0.3 is 5.11 Å². The van der Waals surface area contributed by atoms with Crippen molar-refractivity contribution in [2.24, 2.45) is 10.2 Å². The van der Waals surface area contributed by atoms with Crippen molar-refractivity contribution >= 4 is 23.1 Å². The number of benzene rings is 1. The molecular formula is C16H14N4O2. The Morgan fingerprint density at radius 3 is 2.73 bits per heavy atom. The van der Waals surface area contributed by atoms with Crippen LogP contribution in [0.2, 0.25) is 0 Å². The van der Waals surface area contributed by atoms with Gasteiger partial charge in [0.1, 0.15) is 5.65 Å². The topological polar surface area (TPSA) is 79.3 Å². The second-order valence-corrected chi connectivity index (χ2v) is 4.92. The first kappa shape index (κ1) is 13.9. The Balaban J connectivity index is 2.09. The number of azo groups is 1. The highest BCUT2D eigenvalue weighted by molar-refractivity contribution is 5.72. The van der Waals surface area contributed by atoms with Crippen LogP contribution in [0.3, 0.4) is 0 Å². The van der Waals surface area contributed by atoms with E-state index < -0.39 is 5.97 Å². The summed E-state index contributed by atoms with van der Waals surface area (Å²) in [5.41, 5.74) is 2.81. The molecule has 6 heteroatoms. The van der Waals surface area contributed by atoms with Gasteiger partial charge >= 0.3 is 5.97 Å². The van der Waals surface area contributed by atoms with E-state index in [1.54, 1.807) is 4.40 Å². The third-order valence-electron chi connectivity index (χ3n) is 3.16. The first-order valence-corrected chi connectivity index (χ1v) is 6.79. The molecule has 0 fully saturated rings. The van der Waals surface area contributed by atoms with Crippen LogP contribution in [0.25, 0.3) is 5.65 Å². The summed E-state index contributed by atoms with van der Waals surface area (Å²) < 4.78 is 1.75. The number of rotatable bonds is 4. The third kappa shape index (κ3) is 2.85. The van der Waals surface area contributed by atoms with Gasteiger partial charge in [0.15, 0.2) is 5.82 Å². The summed E-state index contributed by atoms with van der Waals surface area (Å²) in [6.45, 7) is 1.96. The molecule has 3 rings (SSSR count). The van der Waals surface area contributed by atoms with Crippen molar-refractivity contribution in [3.05, 3.63) is 59.9 Å².